The quantitative estimate of drug-likeness (QED) is 0.233. The van der Waals surface area contributed by atoms with E-state index in [4.69, 9.17) is 15.9 Å². The highest BCUT2D eigenvalue weighted by atomic mass is 16.5. The van der Waals surface area contributed by atoms with Gasteiger partial charge in [-0.2, -0.15) is 0 Å². The highest BCUT2D eigenvalue weighted by Crippen LogP contribution is 2.24. The van der Waals surface area contributed by atoms with Crippen molar-refractivity contribution in [2.75, 3.05) is 37.4 Å². The van der Waals surface area contributed by atoms with Gasteiger partial charge in [0.25, 0.3) is 5.56 Å². The van der Waals surface area contributed by atoms with E-state index in [0.717, 1.165) is 22.2 Å². The molecule has 10 heteroatoms. The molecule has 0 bridgehead atoms. The second kappa shape index (κ2) is 16.3. The van der Waals surface area contributed by atoms with Crippen LogP contribution in [-0.4, -0.2) is 57.4 Å². The molecule has 2 aromatic carbocycles. The van der Waals surface area contributed by atoms with Crippen LogP contribution in [-0.2, 0) is 16.1 Å². The van der Waals surface area contributed by atoms with Crippen molar-refractivity contribution in [1.29, 1.82) is 5.41 Å². The van der Waals surface area contributed by atoms with Crippen LogP contribution < -0.4 is 16.6 Å². The molecule has 1 amide bonds. The molecule has 0 saturated carbocycles. The van der Waals surface area contributed by atoms with Crippen LogP contribution in [0.4, 0.5) is 11.6 Å². The number of aromatic nitrogens is 3. The van der Waals surface area contributed by atoms with E-state index in [0.29, 0.717) is 43.2 Å². The third kappa shape index (κ3) is 7.87. The Hall–Kier alpha value is -4.57. The average molecular weight is 600 g/mol. The first kappa shape index (κ1) is 33.9. The first-order valence-corrected chi connectivity index (χ1v) is 15.2. The van der Waals surface area contributed by atoms with Crippen molar-refractivity contribution in [3.63, 3.8) is 0 Å². The molecule has 234 valence electrons. The fourth-order valence-electron chi connectivity index (χ4n) is 4.97. The van der Waals surface area contributed by atoms with Crippen LogP contribution in [0, 0.1) is 19.3 Å². The molecule has 4 N–H and O–H groups in total. The number of rotatable bonds is 7. The predicted molar refractivity (Wildman–Crippen MR) is 179 cm³/mol. The maximum Gasteiger partial charge on any atom is 0.263 e. The van der Waals surface area contributed by atoms with E-state index in [-0.39, 0.29) is 41.5 Å². The van der Waals surface area contributed by atoms with Gasteiger partial charge in [-0.3, -0.25) is 14.2 Å². The third-order valence-electron chi connectivity index (χ3n) is 6.99. The van der Waals surface area contributed by atoms with Crippen molar-refractivity contribution in [2.45, 2.75) is 60.9 Å². The summed E-state index contributed by atoms with van der Waals surface area (Å²) in [6.45, 7) is 14.3. The molecule has 2 aromatic heterocycles. The number of nitrogens with two attached hydrogens (primary N) is 1. The van der Waals surface area contributed by atoms with E-state index in [1.807, 2.05) is 76.2 Å². The molecule has 1 aliphatic heterocycles. The van der Waals surface area contributed by atoms with Gasteiger partial charge in [0.2, 0.25) is 5.91 Å². The van der Waals surface area contributed by atoms with Crippen molar-refractivity contribution in [1.82, 2.24) is 19.4 Å². The summed E-state index contributed by atoms with van der Waals surface area (Å²) in [6, 6.07) is 15.5. The normalized spacial score (nSPS) is 12.5. The lowest BCUT2D eigenvalue weighted by atomic mass is 10.0. The minimum Gasteiger partial charge on any atom is -0.383 e. The number of para-hydroxylation sites is 1. The molecule has 0 unspecified atom stereocenters. The molecule has 1 fully saturated rings. The van der Waals surface area contributed by atoms with Gasteiger partial charge >= 0.3 is 0 Å². The Morgan fingerprint density at radius 2 is 1.68 bits per heavy atom. The first-order chi connectivity index (χ1) is 21.3. The Balaban J connectivity index is 0.000000997. The Bertz CT molecular complexity index is 1640. The van der Waals surface area contributed by atoms with Gasteiger partial charge in [0.05, 0.1) is 48.5 Å². The summed E-state index contributed by atoms with van der Waals surface area (Å²) in [4.78, 5) is 36.7. The highest BCUT2D eigenvalue weighted by Gasteiger charge is 2.23. The number of carbonyl (C=O) groups is 1. The highest BCUT2D eigenvalue weighted by molar-refractivity contribution is 6.13. The van der Waals surface area contributed by atoms with Crippen LogP contribution in [0.1, 0.15) is 62.9 Å². The number of nitrogens with one attached hydrogen (secondary N) is 2. The molecule has 4 aromatic rings. The number of nitrogens with zero attached hydrogens (tertiary/aromatic N) is 4. The first-order valence-electron chi connectivity index (χ1n) is 15.2. The molecule has 1 aliphatic rings. The monoisotopic (exact) mass is 599 g/mol. The number of ether oxygens (including phenoxy) is 1. The number of aryl methyl sites for hydroxylation is 2. The van der Waals surface area contributed by atoms with Crippen LogP contribution in [0.3, 0.4) is 0 Å². The lowest BCUT2D eigenvalue weighted by Gasteiger charge is -2.27. The van der Waals surface area contributed by atoms with E-state index in [1.54, 1.807) is 9.47 Å². The van der Waals surface area contributed by atoms with Gasteiger partial charge in [-0.05, 0) is 42.5 Å². The summed E-state index contributed by atoms with van der Waals surface area (Å²) in [5.74, 6) is 0.268. The Labute approximate surface area is 259 Å². The number of nitrogen functional groups attached to an aromatic ring is 1. The van der Waals surface area contributed by atoms with Crippen molar-refractivity contribution in [2.24, 2.45) is 0 Å². The maximum atomic E-state index is 13.8. The van der Waals surface area contributed by atoms with Crippen LogP contribution in [0.15, 0.2) is 59.7 Å². The van der Waals surface area contributed by atoms with E-state index in [2.05, 4.69) is 29.1 Å². The Morgan fingerprint density at radius 3 is 2.36 bits per heavy atom. The summed E-state index contributed by atoms with van der Waals surface area (Å²) in [5.41, 5.74) is 9.74. The van der Waals surface area contributed by atoms with Gasteiger partial charge in [-0.1, -0.05) is 70.5 Å². The van der Waals surface area contributed by atoms with E-state index < -0.39 is 0 Å². The van der Waals surface area contributed by atoms with Crippen LogP contribution in [0.5, 0.6) is 0 Å². The fourth-order valence-corrected chi connectivity index (χ4v) is 4.97. The SMILES string of the molecule is CC.CCC.Cc1ccccc1-n1c(CNc2ncnc(N)c2C(=N)CC(=O)N2CCOCC2)cc2cccc(C)c2c1=O. The number of pyridine rings is 1. The average Bonchev–Trinajstić information content (AvgIpc) is 3.02. The number of fused-ring (bicyclic) bond motifs is 1. The zero-order valence-electron chi connectivity index (χ0n) is 26.7. The van der Waals surface area contributed by atoms with Crippen LogP contribution in [0.25, 0.3) is 16.5 Å². The zero-order valence-corrected chi connectivity index (χ0v) is 26.7. The van der Waals surface area contributed by atoms with Crippen LogP contribution >= 0.6 is 0 Å². The van der Waals surface area contributed by atoms with Gasteiger partial charge in [0.1, 0.15) is 18.0 Å². The number of morpholine rings is 1. The maximum absolute atomic E-state index is 13.8. The number of benzene rings is 2. The molecular formula is C34H45N7O3. The number of carbonyl (C=O) groups excluding carboxylic acids is 1. The second-order valence-electron chi connectivity index (χ2n) is 10.3. The lowest BCUT2D eigenvalue weighted by molar-refractivity contribution is -0.133. The van der Waals surface area contributed by atoms with Gasteiger partial charge in [0, 0.05) is 18.8 Å². The Kier molecular flexibility index (Phi) is 12.6. The van der Waals surface area contributed by atoms with Gasteiger partial charge in [-0.25, -0.2) is 9.97 Å². The van der Waals surface area contributed by atoms with Crippen molar-refractivity contribution >= 4 is 34.0 Å². The molecule has 0 atom stereocenters. The smallest absolute Gasteiger partial charge is 0.263 e. The summed E-state index contributed by atoms with van der Waals surface area (Å²) >= 11 is 0. The standard InChI is InChI=1S/C29H31N7O3.C3H8.C2H6/c1-18-6-3-4-9-23(18)36-21(14-20-8-5-7-19(2)25(20)29(36)38)16-32-28-26(27(31)33-17-34-28)22(30)15-24(37)35-10-12-39-13-11-35;1-3-2;1-2/h3-9,14,17,30H,10-13,15-16H2,1-2H3,(H3,31,32,33,34);3H2,1-2H3;1-2H3. The molecule has 1 saturated heterocycles. The minimum absolute atomic E-state index is 0.0255. The van der Waals surface area contributed by atoms with E-state index >= 15 is 0 Å². The van der Waals surface area contributed by atoms with Crippen molar-refractivity contribution < 1.29 is 9.53 Å². The second-order valence-corrected chi connectivity index (χ2v) is 10.3. The molecule has 10 nitrogen and oxygen atoms in total. The van der Waals surface area contributed by atoms with Gasteiger partial charge in [0.15, 0.2) is 0 Å². The summed E-state index contributed by atoms with van der Waals surface area (Å²) in [6.07, 6.45) is 2.44. The number of anilines is 2. The topological polar surface area (TPSA) is 139 Å². The molecule has 0 aliphatic carbocycles. The number of hydrogen-bond acceptors (Lipinski definition) is 8. The van der Waals surface area contributed by atoms with Crippen LogP contribution in [0.2, 0.25) is 0 Å². The summed E-state index contributed by atoms with van der Waals surface area (Å²) in [5, 5.41) is 13.5. The fraction of sp³-hybridized carbons (Fsp3) is 0.382. The van der Waals surface area contributed by atoms with E-state index in [1.165, 1.54) is 12.7 Å². The van der Waals surface area contributed by atoms with Crippen molar-refractivity contribution in [3.05, 3.63) is 87.6 Å². The predicted octanol–water partition coefficient (Wildman–Crippen LogP) is 5.65. The largest absolute Gasteiger partial charge is 0.383 e. The molecule has 44 heavy (non-hydrogen) atoms. The summed E-state index contributed by atoms with van der Waals surface area (Å²) < 4.78 is 7.04. The van der Waals surface area contributed by atoms with Crippen molar-refractivity contribution in [3.8, 4) is 5.69 Å². The molecule has 0 spiro atoms. The molecular weight excluding hydrogens is 554 g/mol. The number of amides is 1. The molecule has 5 rings (SSSR count). The molecule has 3 heterocycles. The third-order valence-corrected chi connectivity index (χ3v) is 6.99. The van der Waals surface area contributed by atoms with E-state index in [9.17, 15) is 9.59 Å². The van der Waals surface area contributed by atoms with Gasteiger partial charge < -0.3 is 26.1 Å². The van der Waals surface area contributed by atoms with Gasteiger partial charge in [-0.15, -0.1) is 0 Å². The number of hydrogen-bond donors (Lipinski definition) is 3. The summed E-state index contributed by atoms with van der Waals surface area (Å²) in [7, 11) is 0. The minimum atomic E-state index is -0.171. The molecule has 0 radical (unpaired) electrons. The Morgan fingerprint density at radius 1 is 1.02 bits per heavy atom. The zero-order chi connectivity index (χ0) is 32.2. The lowest BCUT2D eigenvalue weighted by Crippen LogP contribution is -2.41.